The first-order valence-electron chi connectivity index (χ1n) is 9.03. The van der Waals surface area contributed by atoms with Crippen molar-refractivity contribution < 1.29 is 18.1 Å². The van der Waals surface area contributed by atoms with E-state index in [-0.39, 0.29) is 16.8 Å². The number of quaternary nitrogens is 1. The lowest BCUT2D eigenvalue weighted by molar-refractivity contribution is -0.931. The van der Waals surface area contributed by atoms with Crippen LogP contribution in [0.15, 0.2) is 46.7 Å². The standard InChI is InChI=1S/C19H25N3O3S2/c1-14(22-11-5-9-17(22)18-10-6-12-26-18)19(23)20-15-7-4-8-16(13-15)27(24,25)21(2)3/h4,6-8,10,12-14,17H,5,9,11H2,1-3H3,(H,20,23)/p+1/t14-,17+/m0/s1. The van der Waals surface area contributed by atoms with Crippen LogP contribution in [0.4, 0.5) is 5.69 Å². The van der Waals surface area contributed by atoms with E-state index in [1.807, 2.05) is 6.92 Å². The maximum absolute atomic E-state index is 12.8. The van der Waals surface area contributed by atoms with Crippen molar-refractivity contribution in [2.75, 3.05) is 26.0 Å². The van der Waals surface area contributed by atoms with Crippen LogP contribution in [0, 0.1) is 0 Å². The van der Waals surface area contributed by atoms with Crippen molar-refractivity contribution in [2.24, 2.45) is 0 Å². The highest BCUT2D eigenvalue weighted by Crippen LogP contribution is 2.24. The number of nitrogens with zero attached hydrogens (tertiary/aromatic N) is 1. The van der Waals surface area contributed by atoms with E-state index >= 15 is 0 Å². The van der Waals surface area contributed by atoms with Gasteiger partial charge in [0.05, 0.1) is 16.3 Å². The Bertz CT molecular complexity index is 895. The van der Waals surface area contributed by atoms with Gasteiger partial charge in [-0.15, -0.1) is 11.3 Å². The maximum atomic E-state index is 12.8. The smallest absolute Gasteiger partial charge is 0.282 e. The highest BCUT2D eigenvalue weighted by atomic mass is 32.2. The molecule has 0 radical (unpaired) electrons. The molecule has 1 aromatic carbocycles. The van der Waals surface area contributed by atoms with Crippen molar-refractivity contribution in [3.63, 3.8) is 0 Å². The molecular formula is C19H26N3O3S2+. The quantitative estimate of drug-likeness (QED) is 0.765. The summed E-state index contributed by atoms with van der Waals surface area (Å²) >= 11 is 1.74. The Morgan fingerprint density at radius 2 is 2.07 bits per heavy atom. The monoisotopic (exact) mass is 408 g/mol. The lowest BCUT2D eigenvalue weighted by atomic mass is 10.1. The van der Waals surface area contributed by atoms with Crippen LogP contribution in [0.3, 0.4) is 0 Å². The molecule has 0 spiro atoms. The summed E-state index contributed by atoms with van der Waals surface area (Å²) in [4.78, 5) is 15.6. The van der Waals surface area contributed by atoms with Crippen molar-refractivity contribution in [3.8, 4) is 0 Å². The largest absolute Gasteiger partial charge is 0.321 e. The Labute approximate surface area is 164 Å². The van der Waals surface area contributed by atoms with E-state index in [4.69, 9.17) is 0 Å². The Morgan fingerprint density at radius 3 is 2.74 bits per heavy atom. The average molecular weight is 409 g/mol. The molecule has 1 aliphatic rings. The maximum Gasteiger partial charge on any atom is 0.282 e. The number of benzene rings is 1. The van der Waals surface area contributed by atoms with Gasteiger partial charge in [0.1, 0.15) is 6.04 Å². The molecule has 1 aliphatic heterocycles. The fraction of sp³-hybridized carbons (Fsp3) is 0.421. The van der Waals surface area contributed by atoms with Gasteiger partial charge in [-0.05, 0) is 36.6 Å². The molecule has 1 amide bonds. The average Bonchev–Trinajstić information content (AvgIpc) is 3.32. The molecule has 0 aliphatic carbocycles. The third-order valence-electron chi connectivity index (χ3n) is 5.12. The van der Waals surface area contributed by atoms with E-state index in [1.54, 1.807) is 23.5 Å². The van der Waals surface area contributed by atoms with Crippen molar-refractivity contribution in [1.29, 1.82) is 0 Å². The molecule has 27 heavy (non-hydrogen) atoms. The van der Waals surface area contributed by atoms with Crippen molar-refractivity contribution in [1.82, 2.24) is 4.31 Å². The third-order valence-corrected chi connectivity index (χ3v) is 7.92. The topological polar surface area (TPSA) is 70.9 Å². The van der Waals surface area contributed by atoms with Crippen LogP contribution in [0.25, 0.3) is 0 Å². The van der Waals surface area contributed by atoms with Gasteiger partial charge in [-0.1, -0.05) is 12.1 Å². The molecule has 0 saturated carbocycles. The van der Waals surface area contributed by atoms with Gasteiger partial charge in [-0.2, -0.15) is 0 Å². The number of rotatable bonds is 6. The summed E-state index contributed by atoms with van der Waals surface area (Å²) in [5.74, 6) is -0.0899. The molecule has 2 aromatic rings. The third kappa shape index (κ3) is 4.24. The molecule has 3 rings (SSSR count). The summed E-state index contributed by atoms with van der Waals surface area (Å²) in [7, 11) is -0.551. The van der Waals surface area contributed by atoms with E-state index in [1.165, 1.54) is 36.0 Å². The minimum atomic E-state index is -3.53. The number of carbonyl (C=O) groups is 1. The van der Waals surface area contributed by atoms with E-state index < -0.39 is 10.0 Å². The summed E-state index contributed by atoms with van der Waals surface area (Å²) in [5.41, 5.74) is 0.501. The van der Waals surface area contributed by atoms with Gasteiger partial charge in [0.2, 0.25) is 10.0 Å². The van der Waals surface area contributed by atoms with Crippen LogP contribution < -0.4 is 10.2 Å². The SMILES string of the molecule is C[C@@H](C(=O)Nc1cccc(S(=O)(=O)N(C)C)c1)[NH+]1CCC[C@@H]1c1cccs1. The van der Waals surface area contributed by atoms with Gasteiger partial charge < -0.3 is 10.2 Å². The number of likely N-dealkylation sites (tertiary alicyclic amines) is 1. The van der Waals surface area contributed by atoms with Gasteiger partial charge in [0, 0.05) is 32.6 Å². The van der Waals surface area contributed by atoms with E-state index in [0.717, 1.165) is 23.7 Å². The first kappa shape index (κ1) is 20.0. The van der Waals surface area contributed by atoms with Crippen LogP contribution in [0.5, 0.6) is 0 Å². The second-order valence-electron chi connectivity index (χ2n) is 7.06. The van der Waals surface area contributed by atoms with Crippen molar-refractivity contribution in [3.05, 3.63) is 46.7 Å². The number of anilines is 1. The van der Waals surface area contributed by atoms with Crippen LogP contribution in [-0.2, 0) is 14.8 Å². The van der Waals surface area contributed by atoms with Crippen LogP contribution in [0.2, 0.25) is 0 Å². The summed E-state index contributed by atoms with van der Waals surface area (Å²) in [5, 5.41) is 4.97. The van der Waals surface area contributed by atoms with Gasteiger partial charge in [0.25, 0.3) is 5.91 Å². The zero-order valence-electron chi connectivity index (χ0n) is 15.8. The summed E-state index contributed by atoms with van der Waals surface area (Å²) in [6.07, 6.45) is 2.19. The number of hydrogen-bond acceptors (Lipinski definition) is 4. The molecule has 3 atom stereocenters. The molecule has 8 heteroatoms. The number of amides is 1. The van der Waals surface area contributed by atoms with Crippen LogP contribution in [0.1, 0.15) is 30.7 Å². The van der Waals surface area contributed by atoms with Crippen LogP contribution in [-0.4, -0.2) is 45.3 Å². The Hall–Kier alpha value is -1.74. The fourth-order valence-corrected chi connectivity index (χ4v) is 5.42. The molecular weight excluding hydrogens is 382 g/mol. The lowest BCUT2D eigenvalue weighted by Crippen LogP contribution is -3.15. The minimum absolute atomic E-state index is 0.0899. The number of carbonyl (C=O) groups excluding carboxylic acids is 1. The molecule has 2 N–H and O–H groups in total. The van der Waals surface area contributed by atoms with Crippen LogP contribution >= 0.6 is 11.3 Å². The molecule has 146 valence electrons. The highest BCUT2D eigenvalue weighted by molar-refractivity contribution is 7.89. The number of nitrogens with one attached hydrogen (secondary N) is 2. The molecule has 6 nitrogen and oxygen atoms in total. The minimum Gasteiger partial charge on any atom is -0.321 e. The Morgan fingerprint density at radius 1 is 1.30 bits per heavy atom. The van der Waals surface area contributed by atoms with E-state index in [0.29, 0.717) is 11.7 Å². The number of hydrogen-bond donors (Lipinski definition) is 2. The van der Waals surface area contributed by atoms with Gasteiger partial charge in [-0.3, -0.25) is 4.79 Å². The molecule has 0 bridgehead atoms. The molecule has 1 saturated heterocycles. The first-order chi connectivity index (χ1) is 12.8. The summed E-state index contributed by atoms with van der Waals surface area (Å²) in [6.45, 7) is 2.91. The molecule has 1 fully saturated rings. The molecule has 2 heterocycles. The Kier molecular flexibility index (Phi) is 6.00. The first-order valence-corrected chi connectivity index (χ1v) is 11.3. The van der Waals surface area contributed by atoms with E-state index in [2.05, 4.69) is 22.8 Å². The summed E-state index contributed by atoms with van der Waals surface area (Å²) < 4.78 is 25.8. The predicted octanol–water partition coefficient (Wildman–Crippen LogP) is 1.75. The van der Waals surface area contributed by atoms with Gasteiger partial charge in [0.15, 0.2) is 6.04 Å². The Balaban J connectivity index is 1.74. The highest BCUT2D eigenvalue weighted by Gasteiger charge is 2.37. The zero-order valence-corrected chi connectivity index (χ0v) is 17.4. The number of sulfonamides is 1. The van der Waals surface area contributed by atoms with Crippen molar-refractivity contribution in [2.45, 2.75) is 36.7 Å². The number of thiophene rings is 1. The zero-order chi connectivity index (χ0) is 19.6. The van der Waals surface area contributed by atoms with Crippen molar-refractivity contribution >= 4 is 33.0 Å². The van der Waals surface area contributed by atoms with E-state index in [9.17, 15) is 13.2 Å². The molecule has 1 unspecified atom stereocenters. The lowest BCUT2D eigenvalue weighted by Gasteiger charge is -2.26. The molecule has 1 aromatic heterocycles. The second-order valence-corrected chi connectivity index (χ2v) is 10.2. The summed E-state index contributed by atoms with van der Waals surface area (Å²) in [6, 6.07) is 10.7. The fourth-order valence-electron chi connectivity index (χ4n) is 3.57. The van der Waals surface area contributed by atoms with Gasteiger partial charge >= 0.3 is 0 Å². The normalized spacial score (nSPS) is 21.3. The van der Waals surface area contributed by atoms with Gasteiger partial charge in [-0.25, -0.2) is 12.7 Å². The predicted molar refractivity (Wildman–Crippen MR) is 108 cm³/mol. The second kappa shape index (κ2) is 8.10.